The van der Waals surface area contributed by atoms with Gasteiger partial charge in [-0.3, -0.25) is 4.79 Å². The molecule has 0 saturated heterocycles. The van der Waals surface area contributed by atoms with Gasteiger partial charge in [0.25, 0.3) is 5.56 Å². The number of rotatable bonds is 5. The van der Waals surface area contributed by atoms with Crippen molar-refractivity contribution in [2.75, 3.05) is 21.3 Å². The zero-order valence-corrected chi connectivity index (χ0v) is 16.8. The molecule has 7 nitrogen and oxygen atoms in total. The molecule has 1 aliphatic rings. The second-order valence-corrected chi connectivity index (χ2v) is 7.57. The fourth-order valence-electron chi connectivity index (χ4n) is 3.52. The number of aromatic nitrogens is 2. The minimum Gasteiger partial charge on any atom is -0.493 e. The van der Waals surface area contributed by atoms with Gasteiger partial charge in [-0.15, -0.1) is 11.3 Å². The highest BCUT2D eigenvalue weighted by molar-refractivity contribution is 7.18. The summed E-state index contributed by atoms with van der Waals surface area (Å²) in [5.41, 5.74) is 1.74. The molecule has 0 unspecified atom stereocenters. The van der Waals surface area contributed by atoms with E-state index in [1.807, 2.05) is 0 Å². The van der Waals surface area contributed by atoms with Crippen molar-refractivity contribution in [1.82, 2.24) is 9.66 Å². The Morgan fingerprint density at radius 3 is 2.50 bits per heavy atom. The van der Waals surface area contributed by atoms with E-state index in [2.05, 4.69) is 10.1 Å². The van der Waals surface area contributed by atoms with Gasteiger partial charge in [-0.2, -0.15) is 9.78 Å². The quantitative estimate of drug-likeness (QED) is 0.616. The summed E-state index contributed by atoms with van der Waals surface area (Å²) in [5, 5.41) is 5.04. The number of fused-ring (bicyclic) bond motifs is 3. The highest BCUT2D eigenvalue weighted by Gasteiger charge is 2.20. The number of benzene rings is 1. The van der Waals surface area contributed by atoms with Crippen molar-refractivity contribution in [2.45, 2.75) is 25.7 Å². The highest BCUT2D eigenvalue weighted by Crippen LogP contribution is 2.38. The molecular weight excluding hydrogens is 378 g/mol. The highest BCUT2D eigenvalue weighted by atomic mass is 32.1. The predicted molar refractivity (Wildman–Crippen MR) is 110 cm³/mol. The molecule has 1 aliphatic carbocycles. The van der Waals surface area contributed by atoms with Crippen LogP contribution in [0.4, 0.5) is 0 Å². The number of hydrogen-bond donors (Lipinski definition) is 0. The Morgan fingerprint density at radius 1 is 1.11 bits per heavy atom. The molecule has 0 fully saturated rings. The van der Waals surface area contributed by atoms with Crippen LogP contribution in [0.2, 0.25) is 0 Å². The van der Waals surface area contributed by atoms with E-state index in [1.165, 1.54) is 22.3 Å². The fraction of sp³-hybridized carbons (Fsp3) is 0.350. The van der Waals surface area contributed by atoms with Crippen LogP contribution in [0, 0.1) is 0 Å². The minimum atomic E-state index is -0.131. The first-order valence-electron chi connectivity index (χ1n) is 9.02. The molecule has 4 rings (SSSR count). The van der Waals surface area contributed by atoms with E-state index in [4.69, 9.17) is 14.2 Å². The zero-order chi connectivity index (χ0) is 19.7. The van der Waals surface area contributed by atoms with Crippen LogP contribution in [-0.2, 0) is 12.8 Å². The minimum absolute atomic E-state index is 0.131. The molecule has 3 aromatic rings. The van der Waals surface area contributed by atoms with Crippen LogP contribution >= 0.6 is 11.3 Å². The van der Waals surface area contributed by atoms with E-state index in [9.17, 15) is 4.79 Å². The van der Waals surface area contributed by atoms with Crippen LogP contribution in [0.15, 0.2) is 28.4 Å². The van der Waals surface area contributed by atoms with Crippen molar-refractivity contribution >= 4 is 27.8 Å². The van der Waals surface area contributed by atoms with Crippen LogP contribution in [0.5, 0.6) is 17.2 Å². The molecule has 0 N–H and O–H groups in total. The number of nitrogens with zero attached hydrogens (tertiary/aromatic N) is 3. The summed E-state index contributed by atoms with van der Waals surface area (Å²) in [7, 11) is 4.66. The third kappa shape index (κ3) is 3.13. The normalized spacial score (nSPS) is 13.7. The summed E-state index contributed by atoms with van der Waals surface area (Å²) >= 11 is 1.63. The third-order valence-corrected chi connectivity index (χ3v) is 6.08. The molecule has 0 bridgehead atoms. The molecule has 0 radical (unpaired) electrons. The maximum Gasteiger partial charge on any atom is 0.282 e. The van der Waals surface area contributed by atoms with Gasteiger partial charge < -0.3 is 14.2 Å². The number of hydrogen-bond acceptors (Lipinski definition) is 7. The molecule has 146 valence electrons. The first kappa shape index (κ1) is 18.5. The van der Waals surface area contributed by atoms with Crippen LogP contribution in [-0.4, -0.2) is 37.2 Å². The van der Waals surface area contributed by atoms with Crippen molar-refractivity contribution in [3.8, 4) is 17.2 Å². The largest absolute Gasteiger partial charge is 0.493 e. The summed E-state index contributed by atoms with van der Waals surface area (Å²) in [6.45, 7) is 0. The number of methoxy groups -OCH3 is 3. The van der Waals surface area contributed by atoms with Crippen LogP contribution in [0.1, 0.15) is 28.8 Å². The lowest BCUT2D eigenvalue weighted by molar-refractivity contribution is 0.324. The van der Waals surface area contributed by atoms with E-state index in [0.29, 0.717) is 28.2 Å². The van der Waals surface area contributed by atoms with Crippen molar-refractivity contribution in [2.24, 2.45) is 5.10 Å². The Hall–Kier alpha value is -2.87. The van der Waals surface area contributed by atoms with Gasteiger partial charge in [0.05, 0.1) is 32.9 Å². The zero-order valence-electron chi connectivity index (χ0n) is 16.0. The summed E-state index contributed by atoms with van der Waals surface area (Å²) in [4.78, 5) is 19.5. The topological polar surface area (TPSA) is 74.9 Å². The Bertz CT molecular complexity index is 1090. The third-order valence-electron chi connectivity index (χ3n) is 4.88. The van der Waals surface area contributed by atoms with Gasteiger partial charge in [-0.05, 0) is 43.4 Å². The van der Waals surface area contributed by atoms with E-state index >= 15 is 0 Å². The smallest absolute Gasteiger partial charge is 0.282 e. The van der Waals surface area contributed by atoms with Crippen LogP contribution < -0.4 is 19.8 Å². The van der Waals surface area contributed by atoms with Gasteiger partial charge >= 0.3 is 0 Å². The fourth-order valence-corrected chi connectivity index (χ4v) is 4.74. The lowest BCUT2D eigenvalue weighted by Gasteiger charge is -2.12. The van der Waals surface area contributed by atoms with E-state index < -0.39 is 0 Å². The monoisotopic (exact) mass is 399 g/mol. The molecular formula is C20H21N3O4S. The van der Waals surface area contributed by atoms with Crippen LogP contribution in [0.25, 0.3) is 10.2 Å². The Balaban J connectivity index is 1.75. The maximum absolute atomic E-state index is 13.0. The molecule has 0 atom stereocenters. The van der Waals surface area contributed by atoms with Crippen LogP contribution in [0.3, 0.4) is 0 Å². The molecule has 0 amide bonds. The number of aryl methyl sites for hydroxylation is 2. The van der Waals surface area contributed by atoms with Gasteiger partial charge in [0, 0.05) is 10.4 Å². The lowest BCUT2D eigenvalue weighted by atomic mass is 9.97. The predicted octanol–water partition coefficient (Wildman–Crippen LogP) is 3.24. The number of ether oxygens (including phenoxy) is 3. The van der Waals surface area contributed by atoms with Crippen molar-refractivity contribution < 1.29 is 14.2 Å². The number of thiophene rings is 1. The van der Waals surface area contributed by atoms with Crippen molar-refractivity contribution in [3.63, 3.8) is 0 Å². The first-order valence-corrected chi connectivity index (χ1v) is 9.84. The Morgan fingerprint density at radius 2 is 1.82 bits per heavy atom. The lowest BCUT2D eigenvalue weighted by Crippen LogP contribution is -2.18. The molecule has 0 saturated carbocycles. The van der Waals surface area contributed by atoms with Crippen molar-refractivity contribution in [1.29, 1.82) is 0 Å². The van der Waals surface area contributed by atoms with Crippen molar-refractivity contribution in [3.05, 3.63) is 44.8 Å². The summed E-state index contributed by atoms with van der Waals surface area (Å²) in [5.74, 6) is 1.56. The van der Waals surface area contributed by atoms with Gasteiger partial charge in [-0.25, -0.2) is 4.98 Å². The van der Waals surface area contributed by atoms with Gasteiger partial charge in [0.1, 0.15) is 11.2 Å². The average Bonchev–Trinajstić information content (AvgIpc) is 3.11. The van der Waals surface area contributed by atoms with Gasteiger partial charge in [0.15, 0.2) is 11.5 Å². The Kier molecular flexibility index (Phi) is 5.04. The second-order valence-electron chi connectivity index (χ2n) is 6.49. The standard InChI is InChI=1S/C20H21N3O4S/c1-25-14-8-12(9-15(26-2)18(14)27-3)10-22-23-11-21-19-17(20(23)24)13-6-4-5-7-16(13)28-19/h8-11H,4-7H2,1-3H3. The summed E-state index contributed by atoms with van der Waals surface area (Å²) in [6.07, 6.45) is 7.31. The second kappa shape index (κ2) is 7.63. The average molecular weight is 399 g/mol. The Labute approximate surface area is 166 Å². The molecule has 28 heavy (non-hydrogen) atoms. The maximum atomic E-state index is 13.0. The van der Waals surface area contributed by atoms with E-state index in [1.54, 1.807) is 51.0 Å². The summed E-state index contributed by atoms with van der Waals surface area (Å²) in [6, 6.07) is 3.54. The first-order chi connectivity index (χ1) is 13.7. The SMILES string of the molecule is COc1cc(C=Nn2cnc3sc4c(c3c2=O)CCCC4)cc(OC)c1OC. The molecule has 2 heterocycles. The van der Waals surface area contributed by atoms with E-state index in [0.717, 1.165) is 29.7 Å². The molecule has 0 spiro atoms. The molecule has 1 aromatic carbocycles. The van der Waals surface area contributed by atoms with Gasteiger partial charge in [-0.1, -0.05) is 0 Å². The molecule has 2 aromatic heterocycles. The summed E-state index contributed by atoms with van der Waals surface area (Å²) < 4.78 is 17.3. The van der Waals surface area contributed by atoms with Gasteiger partial charge in [0.2, 0.25) is 5.75 Å². The molecule has 8 heteroatoms. The van der Waals surface area contributed by atoms with E-state index in [-0.39, 0.29) is 5.56 Å². The molecule has 0 aliphatic heterocycles.